The Labute approximate surface area is 181 Å². The molecule has 29 heavy (non-hydrogen) atoms. The predicted molar refractivity (Wildman–Crippen MR) is 114 cm³/mol. The van der Waals surface area contributed by atoms with Crippen molar-refractivity contribution >= 4 is 50.9 Å². The fraction of sp³-hybridized carbons (Fsp3) is 0.350. The molecule has 1 aliphatic rings. The SMILES string of the molecule is C#CCOc1cc(Br)c(/C=C2\SC(=O)N([C@@H](C)C(=O)OCC)C2=O)cc1OCC. The second-order valence-corrected chi connectivity index (χ2v) is 7.57. The van der Waals surface area contributed by atoms with E-state index in [0.717, 1.165) is 16.7 Å². The van der Waals surface area contributed by atoms with Crippen LogP contribution in [0.15, 0.2) is 21.5 Å². The molecule has 0 unspecified atom stereocenters. The van der Waals surface area contributed by atoms with Crippen LogP contribution in [-0.2, 0) is 14.3 Å². The normalized spacial score (nSPS) is 16.0. The zero-order valence-corrected chi connectivity index (χ0v) is 18.6. The van der Waals surface area contributed by atoms with E-state index >= 15 is 0 Å². The van der Waals surface area contributed by atoms with Gasteiger partial charge < -0.3 is 14.2 Å². The summed E-state index contributed by atoms with van der Waals surface area (Å²) in [5.41, 5.74) is 0.607. The van der Waals surface area contributed by atoms with Gasteiger partial charge in [0.1, 0.15) is 12.6 Å². The molecule has 1 heterocycles. The maximum absolute atomic E-state index is 12.7. The number of ether oxygens (including phenoxy) is 3. The Morgan fingerprint density at radius 3 is 2.59 bits per heavy atom. The Morgan fingerprint density at radius 2 is 1.97 bits per heavy atom. The second-order valence-electron chi connectivity index (χ2n) is 5.73. The van der Waals surface area contributed by atoms with Gasteiger partial charge in [-0.3, -0.25) is 14.5 Å². The van der Waals surface area contributed by atoms with Gasteiger partial charge in [-0.15, -0.1) is 6.42 Å². The molecule has 7 nitrogen and oxygen atoms in total. The summed E-state index contributed by atoms with van der Waals surface area (Å²) in [5, 5.41) is -0.531. The molecule has 0 N–H and O–H groups in total. The number of hydrogen-bond donors (Lipinski definition) is 0. The summed E-state index contributed by atoms with van der Waals surface area (Å²) in [4.78, 5) is 38.0. The largest absolute Gasteiger partial charge is 0.490 e. The van der Waals surface area contributed by atoms with Gasteiger partial charge in [0.25, 0.3) is 11.1 Å². The van der Waals surface area contributed by atoms with Crippen LogP contribution in [0, 0.1) is 12.3 Å². The molecule has 1 aromatic carbocycles. The monoisotopic (exact) mass is 481 g/mol. The number of carbonyl (C=O) groups excluding carboxylic acids is 3. The van der Waals surface area contributed by atoms with E-state index in [1.165, 1.54) is 6.92 Å². The standard InChI is InChI=1S/C20H20BrNO6S/c1-5-8-28-16-11-14(21)13(9-15(16)26-6-2)10-17-18(23)22(20(25)29-17)12(4)19(24)27-7-3/h1,9-12H,6-8H2,2-4H3/b17-10-/t12-/m0/s1. The molecule has 2 rings (SSSR count). The van der Waals surface area contributed by atoms with E-state index in [0.29, 0.717) is 28.1 Å². The van der Waals surface area contributed by atoms with Crippen molar-refractivity contribution in [2.75, 3.05) is 19.8 Å². The van der Waals surface area contributed by atoms with Crippen LogP contribution >= 0.6 is 27.7 Å². The first kappa shape index (κ1) is 22.8. The number of hydrogen-bond acceptors (Lipinski definition) is 7. The number of amides is 2. The molecule has 0 aliphatic carbocycles. The van der Waals surface area contributed by atoms with E-state index in [-0.39, 0.29) is 18.1 Å². The first-order valence-electron chi connectivity index (χ1n) is 8.80. The molecule has 0 bridgehead atoms. The zero-order chi connectivity index (χ0) is 21.6. The van der Waals surface area contributed by atoms with Crippen molar-refractivity contribution in [3.63, 3.8) is 0 Å². The molecule has 1 saturated heterocycles. The van der Waals surface area contributed by atoms with Crippen molar-refractivity contribution < 1.29 is 28.6 Å². The average Bonchev–Trinajstić information content (AvgIpc) is 2.96. The highest BCUT2D eigenvalue weighted by Gasteiger charge is 2.41. The molecule has 2 amide bonds. The highest BCUT2D eigenvalue weighted by molar-refractivity contribution is 9.10. The smallest absolute Gasteiger partial charge is 0.329 e. The van der Waals surface area contributed by atoms with Crippen molar-refractivity contribution in [2.24, 2.45) is 0 Å². The number of thioether (sulfide) groups is 1. The van der Waals surface area contributed by atoms with Gasteiger partial charge in [-0.2, -0.15) is 0 Å². The molecular weight excluding hydrogens is 462 g/mol. The summed E-state index contributed by atoms with van der Waals surface area (Å²) >= 11 is 4.19. The number of terminal acetylenes is 1. The lowest BCUT2D eigenvalue weighted by Gasteiger charge is -2.19. The fourth-order valence-electron chi connectivity index (χ4n) is 2.49. The first-order chi connectivity index (χ1) is 13.8. The Kier molecular flexibility index (Phi) is 8.17. The van der Waals surface area contributed by atoms with E-state index < -0.39 is 23.2 Å². The first-order valence-corrected chi connectivity index (χ1v) is 10.4. The Bertz CT molecular complexity index is 892. The number of rotatable bonds is 8. The molecule has 1 fully saturated rings. The third kappa shape index (κ3) is 5.34. The van der Waals surface area contributed by atoms with Gasteiger partial charge in [-0.1, -0.05) is 21.9 Å². The van der Waals surface area contributed by atoms with E-state index in [4.69, 9.17) is 20.6 Å². The van der Waals surface area contributed by atoms with Gasteiger partial charge in [-0.05, 0) is 56.3 Å². The van der Waals surface area contributed by atoms with Crippen LogP contribution in [-0.4, -0.2) is 47.9 Å². The highest BCUT2D eigenvalue weighted by atomic mass is 79.9. The molecule has 154 valence electrons. The number of carbonyl (C=O) groups is 3. The maximum atomic E-state index is 12.7. The highest BCUT2D eigenvalue weighted by Crippen LogP contribution is 2.38. The minimum absolute atomic E-state index is 0.0799. The van der Waals surface area contributed by atoms with Crippen molar-refractivity contribution in [1.82, 2.24) is 4.90 Å². The van der Waals surface area contributed by atoms with Crippen molar-refractivity contribution in [3.05, 3.63) is 27.1 Å². The summed E-state index contributed by atoms with van der Waals surface area (Å²) in [6.07, 6.45) is 6.79. The fourth-order valence-corrected chi connectivity index (χ4v) is 3.82. The number of imide groups is 1. The number of esters is 1. The van der Waals surface area contributed by atoms with E-state index in [9.17, 15) is 14.4 Å². The molecule has 0 spiro atoms. The van der Waals surface area contributed by atoms with Crippen LogP contribution in [0.5, 0.6) is 11.5 Å². The van der Waals surface area contributed by atoms with Crippen molar-refractivity contribution in [2.45, 2.75) is 26.8 Å². The van der Waals surface area contributed by atoms with Gasteiger partial charge in [0.15, 0.2) is 11.5 Å². The van der Waals surface area contributed by atoms with Gasteiger partial charge in [-0.25, -0.2) is 4.79 Å². The van der Waals surface area contributed by atoms with Gasteiger partial charge >= 0.3 is 5.97 Å². The minimum atomic E-state index is -1.00. The van der Waals surface area contributed by atoms with Gasteiger partial charge in [0.05, 0.1) is 18.1 Å². The average molecular weight is 482 g/mol. The molecule has 1 aliphatic heterocycles. The molecule has 9 heteroatoms. The van der Waals surface area contributed by atoms with Crippen molar-refractivity contribution in [3.8, 4) is 23.8 Å². The summed E-state index contributed by atoms with van der Waals surface area (Å²) in [5.74, 6) is 2.11. The second kappa shape index (κ2) is 10.4. The minimum Gasteiger partial charge on any atom is -0.490 e. The number of halogens is 1. The molecule has 1 aromatic rings. The topological polar surface area (TPSA) is 82.1 Å². The van der Waals surface area contributed by atoms with Crippen LogP contribution < -0.4 is 9.47 Å². The van der Waals surface area contributed by atoms with Crippen LogP contribution in [0.4, 0.5) is 4.79 Å². The maximum Gasteiger partial charge on any atom is 0.329 e. The summed E-state index contributed by atoms with van der Waals surface area (Å²) in [6, 6.07) is 2.36. The van der Waals surface area contributed by atoms with Crippen LogP contribution in [0.25, 0.3) is 6.08 Å². The lowest BCUT2D eigenvalue weighted by atomic mass is 10.1. The summed E-state index contributed by atoms with van der Waals surface area (Å²) in [6.45, 7) is 5.59. The van der Waals surface area contributed by atoms with Crippen molar-refractivity contribution in [1.29, 1.82) is 0 Å². The van der Waals surface area contributed by atoms with Crippen LogP contribution in [0.3, 0.4) is 0 Å². The lowest BCUT2D eigenvalue weighted by molar-refractivity contribution is -0.150. The molecular formula is C20H20BrNO6S. The van der Waals surface area contributed by atoms with E-state index in [2.05, 4.69) is 21.9 Å². The Hall–Kier alpha value is -2.44. The Morgan fingerprint density at radius 1 is 1.28 bits per heavy atom. The molecule has 0 radical (unpaired) electrons. The quantitative estimate of drug-likeness (QED) is 0.316. The molecule has 0 aromatic heterocycles. The van der Waals surface area contributed by atoms with Gasteiger partial charge in [0, 0.05) is 4.47 Å². The summed E-state index contributed by atoms with van der Waals surface area (Å²) in [7, 11) is 0. The number of nitrogens with zero attached hydrogens (tertiary/aromatic N) is 1. The zero-order valence-electron chi connectivity index (χ0n) is 16.2. The third-order valence-electron chi connectivity index (χ3n) is 3.80. The Balaban J connectivity index is 2.35. The summed E-state index contributed by atoms with van der Waals surface area (Å²) < 4.78 is 16.6. The predicted octanol–water partition coefficient (Wildman–Crippen LogP) is 3.85. The lowest BCUT2D eigenvalue weighted by Crippen LogP contribution is -2.42. The van der Waals surface area contributed by atoms with Crippen LogP contribution in [0.2, 0.25) is 0 Å². The van der Waals surface area contributed by atoms with E-state index in [1.54, 1.807) is 25.1 Å². The molecule has 0 saturated carbocycles. The van der Waals surface area contributed by atoms with Gasteiger partial charge in [0.2, 0.25) is 0 Å². The number of benzene rings is 1. The van der Waals surface area contributed by atoms with Crippen LogP contribution in [0.1, 0.15) is 26.3 Å². The molecule has 1 atom stereocenters. The third-order valence-corrected chi connectivity index (χ3v) is 5.37. The van der Waals surface area contributed by atoms with E-state index in [1.807, 2.05) is 6.92 Å².